The lowest BCUT2D eigenvalue weighted by molar-refractivity contribution is -0.113. The summed E-state index contributed by atoms with van der Waals surface area (Å²) in [5.41, 5.74) is 4.02. The van der Waals surface area contributed by atoms with Crippen molar-refractivity contribution < 1.29 is 9.53 Å². The third-order valence-electron chi connectivity index (χ3n) is 4.33. The van der Waals surface area contributed by atoms with Gasteiger partial charge in [-0.05, 0) is 55.4 Å². The second-order valence-electron chi connectivity index (χ2n) is 6.12. The number of thiocarbonyl (C=S) groups is 1. The van der Waals surface area contributed by atoms with Crippen LogP contribution in [0.3, 0.4) is 0 Å². The number of hydrogen-bond donors (Lipinski definition) is 3. The Morgan fingerprint density at radius 1 is 1.15 bits per heavy atom. The highest BCUT2D eigenvalue weighted by Gasteiger charge is 2.30. The molecule has 1 amide bonds. The number of amides is 1. The van der Waals surface area contributed by atoms with Gasteiger partial charge in [0, 0.05) is 11.4 Å². The monoisotopic (exact) mass is 367 g/mol. The Kier molecular flexibility index (Phi) is 5.23. The summed E-state index contributed by atoms with van der Waals surface area (Å²) in [7, 11) is 1.62. The minimum atomic E-state index is -0.358. The maximum atomic E-state index is 13.1. The van der Waals surface area contributed by atoms with Crippen molar-refractivity contribution in [2.24, 2.45) is 0 Å². The van der Waals surface area contributed by atoms with Gasteiger partial charge in [-0.25, -0.2) is 0 Å². The molecule has 2 aromatic carbocycles. The molecule has 26 heavy (non-hydrogen) atoms. The zero-order valence-electron chi connectivity index (χ0n) is 14.9. The molecule has 0 spiro atoms. The van der Waals surface area contributed by atoms with Gasteiger partial charge in [-0.2, -0.15) is 0 Å². The molecule has 6 heteroatoms. The number of rotatable bonds is 4. The number of methoxy groups -OCH3 is 1. The molecule has 1 aliphatic heterocycles. The van der Waals surface area contributed by atoms with Gasteiger partial charge in [0.1, 0.15) is 5.75 Å². The second-order valence-corrected chi connectivity index (χ2v) is 6.52. The highest BCUT2D eigenvalue weighted by Crippen LogP contribution is 2.30. The Morgan fingerprint density at radius 3 is 2.65 bits per heavy atom. The van der Waals surface area contributed by atoms with Gasteiger partial charge in [0.15, 0.2) is 5.11 Å². The molecule has 0 unspecified atom stereocenters. The summed E-state index contributed by atoms with van der Waals surface area (Å²) < 4.78 is 5.31. The van der Waals surface area contributed by atoms with E-state index in [4.69, 9.17) is 17.0 Å². The van der Waals surface area contributed by atoms with Crippen LogP contribution in [0.1, 0.15) is 24.1 Å². The topological polar surface area (TPSA) is 62.4 Å². The largest absolute Gasteiger partial charge is 0.497 e. The number of ether oxygens (including phenoxy) is 1. The summed E-state index contributed by atoms with van der Waals surface area (Å²) in [6.07, 6.45) is 0. The first-order valence-corrected chi connectivity index (χ1v) is 8.69. The molecule has 0 aliphatic carbocycles. The number of aryl methyl sites for hydroxylation is 1. The summed E-state index contributed by atoms with van der Waals surface area (Å²) in [4.78, 5) is 13.1. The maximum Gasteiger partial charge on any atom is 0.255 e. The molecule has 5 nitrogen and oxygen atoms in total. The van der Waals surface area contributed by atoms with Gasteiger partial charge >= 0.3 is 0 Å². The fourth-order valence-electron chi connectivity index (χ4n) is 2.97. The quantitative estimate of drug-likeness (QED) is 0.723. The number of allylic oxidation sites excluding steroid dienone is 1. The molecular formula is C20H21N3O2S. The van der Waals surface area contributed by atoms with Gasteiger partial charge < -0.3 is 20.7 Å². The normalized spacial score (nSPS) is 16.6. The smallest absolute Gasteiger partial charge is 0.255 e. The van der Waals surface area contributed by atoms with Crippen LogP contribution in [0, 0.1) is 6.92 Å². The van der Waals surface area contributed by atoms with E-state index in [1.165, 1.54) is 0 Å². The van der Waals surface area contributed by atoms with E-state index in [1.54, 1.807) is 7.11 Å². The fourth-order valence-corrected chi connectivity index (χ4v) is 3.24. The lowest BCUT2D eigenvalue weighted by Gasteiger charge is -2.30. The summed E-state index contributed by atoms with van der Waals surface area (Å²) in [6.45, 7) is 3.82. The highest BCUT2D eigenvalue weighted by molar-refractivity contribution is 7.80. The molecule has 0 bridgehead atoms. The second kappa shape index (κ2) is 7.58. The third-order valence-corrected chi connectivity index (χ3v) is 4.55. The molecule has 0 saturated carbocycles. The molecule has 3 N–H and O–H groups in total. The third kappa shape index (κ3) is 3.70. The standard InChI is InChI=1S/C20H21N3O2S/c1-12-7-4-5-10-16(12)22-19(24)17-13(2)21-20(26)23-18(17)14-8-6-9-15(11-14)25-3/h4-11,18H,1-3H3,(H,22,24)(H2,21,23,26)/t18-/m1/s1. The lowest BCUT2D eigenvalue weighted by Crippen LogP contribution is -2.45. The Bertz CT molecular complexity index is 892. The van der Waals surface area contributed by atoms with E-state index >= 15 is 0 Å². The number of benzene rings is 2. The SMILES string of the molecule is COc1cccc([C@H]2NC(=S)NC(C)=C2C(=O)Nc2ccccc2C)c1. The van der Waals surface area contributed by atoms with Crippen molar-refractivity contribution in [1.82, 2.24) is 10.6 Å². The van der Waals surface area contributed by atoms with E-state index in [2.05, 4.69) is 16.0 Å². The van der Waals surface area contributed by atoms with Gasteiger partial charge in [-0.3, -0.25) is 4.79 Å². The summed E-state index contributed by atoms with van der Waals surface area (Å²) in [5.74, 6) is 0.553. The van der Waals surface area contributed by atoms with Crippen molar-refractivity contribution in [1.29, 1.82) is 0 Å². The van der Waals surface area contributed by atoms with Crippen LogP contribution in [0.15, 0.2) is 59.8 Å². The first-order valence-electron chi connectivity index (χ1n) is 8.29. The number of para-hydroxylation sites is 1. The predicted molar refractivity (Wildman–Crippen MR) is 107 cm³/mol. The van der Waals surface area contributed by atoms with Crippen molar-refractivity contribution in [2.75, 3.05) is 12.4 Å². The van der Waals surface area contributed by atoms with Crippen molar-refractivity contribution in [2.45, 2.75) is 19.9 Å². The number of nitrogens with one attached hydrogen (secondary N) is 3. The maximum absolute atomic E-state index is 13.1. The van der Waals surface area contributed by atoms with Crippen molar-refractivity contribution in [3.05, 3.63) is 70.9 Å². The van der Waals surface area contributed by atoms with Gasteiger partial charge in [0.25, 0.3) is 5.91 Å². The number of hydrogen-bond acceptors (Lipinski definition) is 3. The van der Waals surface area contributed by atoms with Crippen molar-refractivity contribution >= 4 is 28.9 Å². The first-order chi connectivity index (χ1) is 12.5. The molecule has 134 valence electrons. The highest BCUT2D eigenvalue weighted by atomic mass is 32.1. The zero-order valence-corrected chi connectivity index (χ0v) is 15.7. The van der Waals surface area contributed by atoms with E-state index in [0.717, 1.165) is 28.3 Å². The molecule has 0 radical (unpaired) electrons. The van der Waals surface area contributed by atoms with Crippen LogP contribution in [-0.2, 0) is 4.79 Å². The van der Waals surface area contributed by atoms with Crippen LogP contribution in [0.4, 0.5) is 5.69 Å². The van der Waals surface area contributed by atoms with E-state index < -0.39 is 0 Å². The van der Waals surface area contributed by atoms with Crippen LogP contribution < -0.4 is 20.7 Å². The average molecular weight is 367 g/mol. The van der Waals surface area contributed by atoms with Crippen LogP contribution in [0.5, 0.6) is 5.75 Å². The molecule has 1 aliphatic rings. The molecule has 1 atom stereocenters. The molecule has 0 fully saturated rings. The minimum absolute atomic E-state index is 0.174. The first kappa shape index (κ1) is 17.9. The van der Waals surface area contributed by atoms with Gasteiger partial charge in [0.2, 0.25) is 0 Å². The van der Waals surface area contributed by atoms with Crippen LogP contribution in [0.2, 0.25) is 0 Å². The molecular weight excluding hydrogens is 346 g/mol. The molecule has 0 aromatic heterocycles. The summed E-state index contributed by atoms with van der Waals surface area (Å²) in [5, 5.41) is 9.73. The van der Waals surface area contributed by atoms with Gasteiger partial charge in [-0.15, -0.1) is 0 Å². The van der Waals surface area contributed by atoms with Crippen LogP contribution in [-0.4, -0.2) is 18.1 Å². The minimum Gasteiger partial charge on any atom is -0.497 e. The molecule has 3 rings (SSSR count). The molecule has 0 saturated heterocycles. The van der Waals surface area contributed by atoms with E-state index in [-0.39, 0.29) is 11.9 Å². The van der Waals surface area contributed by atoms with Crippen molar-refractivity contribution in [3.63, 3.8) is 0 Å². The van der Waals surface area contributed by atoms with Crippen LogP contribution >= 0.6 is 12.2 Å². The van der Waals surface area contributed by atoms with Crippen molar-refractivity contribution in [3.8, 4) is 5.75 Å². The fraction of sp³-hybridized carbons (Fsp3) is 0.200. The summed E-state index contributed by atoms with van der Waals surface area (Å²) >= 11 is 5.29. The lowest BCUT2D eigenvalue weighted by atomic mass is 9.94. The Hall–Kier alpha value is -2.86. The Labute approximate surface area is 158 Å². The predicted octanol–water partition coefficient (Wildman–Crippen LogP) is 3.44. The number of anilines is 1. The summed E-state index contributed by atoms with van der Waals surface area (Å²) in [6, 6.07) is 14.9. The molecule has 1 heterocycles. The van der Waals surface area contributed by atoms with Crippen LogP contribution in [0.25, 0.3) is 0 Å². The number of carbonyl (C=O) groups is 1. The van der Waals surface area contributed by atoms with E-state index in [1.807, 2.05) is 62.4 Å². The Balaban J connectivity index is 1.97. The van der Waals surface area contributed by atoms with Gasteiger partial charge in [-0.1, -0.05) is 30.3 Å². The van der Waals surface area contributed by atoms with E-state index in [0.29, 0.717) is 10.7 Å². The number of carbonyl (C=O) groups excluding carboxylic acids is 1. The van der Waals surface area contributed by atoms with Gasteiger partial charge in [0.05, 0.1) is 18.7 Å². The molecule has 2 aromatic rings. The van der Waals surface area contributed by atoms with E-state index in [9.17, 15) is 4.79 Å². The Morgan fingerprint density at radius 2 is 1.92 bits per heavy atom. The zero-order chi connectivity index (χ0) is 18.7. The average Bonchev–Trinajstić information content (AvgIpc) is 2.63.